The molecule has 2 amide bonds. The Kier molecular flexibility index (Phi) is 11.6. The summed E-state index contributed by atoms with van der Waals surface area (Å²) in [5, 5.41) is 3.34. The Balaban J connectivity index is 2.02. The Morgan fingerprint density at radius 2 is 1.59 bits per heavy atom. The molecule has 7 nitrogen and oxygen atoms in total. The van der Waals surface area contributed by atoms with Gasteiger partial charge in [-0.2, -0.15) is 0 Å². The highest BCUT2D eigenvalue weighted by Crippen LogP contribution is 2.31. The van der Waals surface area contributed by atoms with E-state index in [0.29, 0.717) is 19.4 Å². The largest absolute Gasteiger partial charge is 0.354 e. The monoisotopic (exact) mass is 617 g/mol. The average Bonchev–Trinajstić information content (AvgIpc) is 2.94. The third-order valence-corrected chi connectivity index (χ3v) is 9.16. The molecule has 3 aromatic carbocycles. The van der Waals surface area contributed by atoms with Crippen LogP contribution in [0.5, 0.6) is 0 Å². The lowest BCUT2D eigenvalue weighted by molar-refractivity contribution is -0.139. The SMILES string of the molecule is CC[C@@H](C(=O)NCC(C)C)N(CCc1ccccc1)C(=O)CN(c1ccc(Cl)c(Cl)c1)S(=O)(=O)c1ccc(C)cc1. The molecule has 0 heterocycles. The van der Waals surface area contributed by atoms with Crippen molar-refractivity contribution in [3.8, 4) is 0 Å². The van der Waals surface area contributed by atoms with Crippen molar-refractivity contribution in [1.29, 1.82) is 0 Å². The molecule has 1 N–H and O–H groups in total. The molecule has 0 unspecified atom stereocenters. The van der Waals surface area contributed by atoms with Crippen molar-refractivity contribution in [1.82, 2.24) is 10.2 Å². The molecule has 0 aliphatic rings. The summed E-state index contributed by atoms with van der Waals surface area (Å²) in [5.74, 6) is -0.547. The van der Waals surface area contributed by atoms with Gasteiger partial charge in [-0.3, -0.25) is 13.9 Å². The van der Waals surface area contributed by atoms with Crippen LogP contribution in [0.25, 0.3) is 0 Å². The highest BCUT2D eigenvalue weighted by atomic mass is 35.5. The standard InChI is InChI=1S/C31H37Cl2N3O4S/c1-5-29(31(38)34-20-22(2)3)35(18-17-24-9-7-6-8-10-24)30(37)21-36(25-13-16-27(32)28(33)19-25)41(39,40)26-14-11-23(4)12-15-26/h6-16,19,22,29H,5,17-18,20-21H2,1-4H3,(H,34,38)/t29-/m0/s1. The summed E-state index contributed by atoms with van der Waals surface area (Å²) in [6.45, 7) is 7.84. The fourth-order valence-electron chi connectivity index (χ4n) is 4.32. The summed E-state index contributed by atoms with van der Waals surface area (Å²) in [7, 11) is -4.19. The molecule has 220 valence electrons. The minimum Gasteiger partial charge on any atom is -0.354 e. The lowest BCUT2D eigenvalue weighted by atomic mass is 10.1. The predicted molar refractivity (Wildman–Crippen MR) is 166 cm³/mol. The zero-order valence-corrected chi connectivity index (χ0v) is 26.1. The van der Waals surface area contributed by atoms with Gasteiger partial charge in [0, 0.05) is 13.1 Å². The van der Waals surface area contributed by atoms with E-state index in [-0.39, 0.29) is 39.0 Å². The van der Waals surface area contributed by atoms with Crippen LogP contribution >= 0.6 is 23.2 Å². The van der Waals surface area contributed by atoms with Crippen LogP contribution in [0, 0.1) is 12.8 Å². The molecule has 10 heteroatoms. The maximum Gasteiger partial charge on any atom is 0.264 e. The number of carbonyl (C=O) groups excluding carboxylic acids is 2. The van der Waals surface area contributed by atoms with E-state index in [2.05, 4.69) is 5.32 Å². The molecule has 0 saturated carbocycles. The van der Waals surface area contributed by atoms with Gasteiger partial charge in [-0.1, -0.05) is 92.0 Å². The number of anilines is 1. The number of hydrogen-bond donors (Lipinski definition) is 1. The van der Waals surface area contributed by atoms with Crippen LogP contribution in [0.2, 0.25) is 10.0 Å². The first-order valence-corrected chi connectivity index (χ1v) is 15.8. The van der Waals surface area contributed by atoms with Gasteiger partial charge in [0.1, 0.15) is 12.6 Å². The number of halogens is 2. The van der Waals surface area contributed by atoms with Gasteiger partial charge in [0.25, 0.3) is 10.0 Å². The molecular formula is C31H37Cl2N3O4S. The van der Waals surface area contributed by atoms with Crippen molar-refractivity contribution in [2.24, 2.45) is 5.92 Å². The van der Waals surface area contributed by atoms with Crippen molar-refractivity contribution in [3.63, 3.8) is 0 Å². The third kappa shape index (κ3) is 8.71. The maximum atomic E-state index is 14.1. The molecular weight excluding hydrogens is 581 g/mol. The number of carbonyl (C=O) groups is 2. The minimum absolute atomic E-state index is 0.0273. The molecule has 3 aromatic rings. The molecule has 0 aromatic heterocycles. The first-order valence-electron chi connectivity index (χ1n) is 13.6. The zero-order valence-electron chi connectivity index (χ0n) is 23.8. The van der Waals surface area contributed by atoms with Gasteiger partial charge in [0.15, 0.2) is 0 Å². The van der Waals surface area contributed by atoms with Crippen LogP contribution in [-0.2, 0) is 26.0 Å². The lowest BCUT2D eigenvalue weighted by Gasteiger charge is -2.33. The first kappa shape index (κ1) is 32.4. The van der Waals surface area contributed by atoms with Crippen LogP contribution in [0.15, 0.2) is 77.7 Å². The number of nitrogens with zero attached hydrogens (tertiary/aromatic N) is 2. The quantitative estimate of drug-likeness (QED) is 0.250. The van der Waals surface area contributed by atoms with Crippen LogP contribution in [0.4, 0.5) is 5.69 Å². The number of rotatable bonds is 13. The number of hydrogen-bond acceptors (Lipinski definition) is 4. The van der Waals surface area contributed by atoms with Gasteiger partial charge in [-0.25, -0.2) is 8.42 Å². The Hall–Kier alpha value is -3.07. The summed E-state index contributed by atoms with van der Waals surface area (Å²) in [4.78, 5) is 28.8. The van der Waals surface area contributed by atoms with E-state index in [4.69, 9.17) is 23.2 Å². The summed E-state index contributed by atoms with van der Waals surface area (Å²) in [6.07, 6.45) is 0.861. The molecule has 0 spiro atoms. The summed E-state index contributed by atoms with van der Waals surface area (Å²) in [5.41, 5.74) is 2.08. The zero-order chi connectivity index (χ0) is 30.2. The van der Waals surface area contributed by atoms with Crippen molar-refractivity contribution >= 4 is 50.7 Å². The Morgan fingerprint density at radius 3 is 2.17 bits per heavy atom. The number of amides is 2. The molecule has 3 rings (SSSR count). The van der Waals surface area contributed by atoms with E-state index in [1.165, 1.54) is 35.2 Å². The van der Waals surface area contributed by atoms with Crippen LogP contribution in [0.3, 0.4) is 0 Å². The van der Waals surface area contributed by atoms with Crippen LogP contribution in [0.1, 0.15) is 38.3 Å². The Morgan fingerprint density at radius 1 is 0.927 bits per heavy atom. The van der Waals surface area contributed by atoms with Gasteiger partial charge >= 0.3 is 0 Å². The average molecular weight is 619 g/mol. The van der Waals surface area contributed by atoms with E-state index in [1.807, 2.05) is 58.0 Å². The van der Waals surface area contributed by atoms with Crippen molar-refractivity contribution in [3.05, 3.63) is 94.0 Å². The van der Waals surface area contributed by atoms with Crippen LogP contribution < -0.4 is 9.62 Å². The summed E-state index contributed by atoms with van der Waals surface area (Å²) in [6, 6.07) is 19.7. The van der Waals surface area contributed by atoms with Crippen LogP contribution in [-0.4, -0.2) is 50.8 Å². The molecule has 0 saturated heterocycles. The molecule has 0 radical (unpaired) electrons. The second-order valence-electron chi connectivity index (χ2n) is 10.3. The fourth-order valence-corrected chi connectivity index (χ4v) is 6.02. The third-order valence-electron chi connectivity index (χ3n) is 6.63. The lowest BCUT2D eigenvalue weighted by Crippen LogP contribution is -2.53. The molecule has 1 atom stereocenters. The maximum absolute atomic E-state index is 14.1. The number of nitrogens with one attached hydrogen (secondary N) is 1. The number of aryl methyl sites for hydroxylation is 1. The van der Waals surface area contributed by atoms with Gasteiger partial charge in [-0.15, -0.1) is 0 Å². The fraction of sp³-hybridized carbons (Fsp3) is 0.355. The molecule has 0 fully saturated rings. The summed E-state index contributed by atoms with van der Waals surface area (Å²) < 4.78 is 28.9. The number of sulfonamides is 1. The van der Waals surface area contributed by atoms with Crippen molar-refractivity contribution < 1.29 is 18.0 Å². The van der Waals surface area contributed by atoms with Gasteiger partial charge in [0.2, 0.25) is 11.8 Å². The second kappa shape index (κ2) is 14.7. The van der Waals surface area contributed by atoms with E-state index >= 15 is 0 Å². The Labute approximate surface area is 253 Å². The molecule has 41 heavy (non-hydrogen) atoms. The van der Waals surface area contributed by atoms with Crippen molar-refractivity contribution in [2.45, 2.75) is 51.5 Å². The minimum atomic E-state index is -4.19. The Bertz CT molecular complexity index is 1430. The second-order valence-corrected chi connectivity index (χ2v) is 13.0. The van der Waals surface area contributed by atoms with Crippen molar-refractivity contribution in [2.75, 3.05) is 23.9 Å². The predicted octanol–water partition coefficient (Wildman–Crippen LogP) is 6.12. The topological polar surface area (TPSA) is 86.8 Å². The summed E-state index contributed by atoms with van der Waals surface area (Å²) >= 11 is 12.4. The van der Waals surface area contributed by atoms with Gasteiger partial charge in [0.05, 0.1) is 20.6 Å². The van der Waals surface area contributed by atoms with E-state index in [1.54, 1.807) is 12.1 Å². The van der Waals surface area contributed by atoms with E-state index < -0.39 is 28.5 Å². The van der Waals surface area contributed by atoms with E-state index in [0.717, 1.165) is 15.4 Å². The first-order chi connectivity index (χ1) is 19.4. The highest BCUT2D eigenvalue weighted by Gasteiger charge is 2.33. The molecule has 0 aliphatic heterocycles. The molecule has 0 bridgehead atoms. The number of benzene rings is 3. The molecule has 0 aliphatic carbocycles. The smallest absolute Gasteiger partial charge is 0.264 e. The normalized spacial score (nSPS) is 12.2. The van der Waals surface area contributed by atoms with E-state index in [9.17, 15) is 18.0 Å². The van der Waals surface area contributed by atoms with Gasteiger partial charge < -0.3 is 10.2 Å². The van der Waals surface area contributed by atoms with Gasteiger partial charge in [-0.05, 0) is 61.6 Å². The highest BCUT2D eigenvalue weighted by molar-refractivity contribution is 7.92.